The van der Waals surface area contributed by atoms with Crippen molar-refractivity contribution in [2.45, 2.75) is 114 Å². The van der Waals surface area contributed by atoms with E-state index in [1.165, 1.54) is 17.0 Å². The number of carbonyl (C=O) groups is 4. The maximum absolute atomic E-state index is 14.9. The zero-order valence-corrected chi connectivity index (χ0v) is 31.4. The molecule has 2 aromatic carbocycles. The monoisotopic (exact) mass is 750 g/mol. The topological polar surface area (TPSA) is 192 Å². The highest BCUT2D eigenvalue weighted by Crippen LogP contribution is 2.33. The van der Waals surface area contributed by atoms with Gasteiger partial charge in [0.25, 0.3) is 15.7 Å². The molecule has 286 valence electrons. The van der Waals surface area contributed by atoms with Crippen LogP contribution in [-0.4, -0.2) is 88.3 Å². The molecule has 0 radical (unpaired) electrons. The van der Waals surface area contributed by atoms with Crippen molar-refractivity contribution in [3.63, 3.8) is 0 Å². The zero-order chi connectivity index (χ0) is 38.3. The molecule has 2 aliphatic heterocycles. The van der Waals surface area contributed by atoms with Gasteiger partial charge >= 0.3 is 0 Å². The van der Waals surface area contributed by atoms with Crippen LogP contribution in [0.15, 0.2) is 59.6 Å². The molecule has 1 aromatic heterocycles. The summed E-state index contributed by atoms with van der Waals surface area (Å²) in [6, 6.07) is 8.42. The first-order valence-corrected chi connectivity index (χ1v) is 20.0. The van der Waals surface area contributed by atoms with Gasteiger partial charge in [-0.25, -0.2) is 8.42 Å². The van der Waals surface area contributed by atoms with Gasteiger partial charge in [0, 0.05) is 55.1 Å². The largest absolute Gasteiger partial charge is 0.361 e. The van der Waals surface area contributed by atoms with Crippen molar-refractivity contribution in [1.29, 1.82) is 0 Å². The Morgan fingerprint density at radius 1 is 1.00 bits per heavy atom. The van der Waals surface area contributed by atoms with Crippen LogP contribution in [0.4, 0.5) is 5.69 Å². The van der Waals surface area contributed by atoms with Gasteiger partial charge in [0.2, 0.25) is 17.7 Å². The Morgan fingerprint density at radius 3 is 2.47 bits per heavy atom. The summed E-state index contributed by atoms with van der Waals surface area (Å²) >= 11 is 0. The highest BCUT2D eigenvalue weighted by atomic mass is 32.2. The zero-order valence-electron chi connectivity index (χ0n) is 30.6. The van der Waals surface area contributed by atoms with Gasteiger partial charge in [-0.2, -0.15) is 4.31 Å². The fraction of sp³-hybridized carbons (Fsp3) is 0.526. The van der Waals surface area contributed by atoms with Crippen molar-refractivity contribution < 1.29 is 32.5 Å². The Morgan fingerprint density at radius 2 is 1.74 bits per heavy atom. The van der Waals surface area contributed by atoms with Crippen LogP contribution in [-0.2, 0) is 35.6 Å². The average molecular weight is 751 g/mol. The van der Waals surface area contributed by atoms with Crippen LogP contribution in [0.5, 0.6) is 0 Å². The maximum atomic E-state index is 14.9. The third-order valence-corrected chi connectivity index (χ3v) is 12.5. The number of aromatic nitrogens is 1. The number of nitro benzene ring substituents is 1. The lowest BCUT2D eigenvalue weighted by molar-refractivity contribution is -0.387. The number of sulfonamides is 1. The highest BCUT2D eigenvalue weighted by Gasteiger charge is 2.47. The second kappa shape index (κ2) is 17.5. The maximum Gasteiger partial charge on any atom is 0.289 e. The second-order valence-corrected chi connectivity index (χ2v) is 16.0. The van der Waals surface area contributed by atoms with Crippen molar-refractivity contribution in [3.8, 4) is 0 Å². The quantitative estimate of drug-likeness (QED) is 0.121. The van der Waals surface area contributed by atoms with Gasteiger partial charge in [-0.3, -0.25) is 29.3 Å². The van der Waals surface area contributed by atoms with Crippen LogP contribution in [0, 0.1) is 16.0 Å². The number of H-pyrrole nitrogens is 1. The van der Waals surface area contributed by atoms with Crippen molar-refractivity contribution in [2.75, 3.05) is 13.1 Å². The molecule has 5 atom stereocenters. The molecule has 0 aliphatic carbocycles. The van der Waals surface area contributed by atoms with E-state index < -0.39 is 73.3 Å². The fourth-order valence-electron chi connectivity index (χ4n) is 7.47. The van der Waals surface area contributed by atoms with Crippen LogP contribution in [0.2, 0.25) is 0 Å². The number of amides is 3. The molecule has 5 rings (SSSR count). The number of aromatic amines is 1. The molecule has 0 bridgehead atoms. The van der Waals surface area contributed by atoms with Crippen LogP contribution in [0.3, 0.4) is 0 Å². The van der Waals surface area contributed by atoms with Gasteiger partial charge in [0.05, 0.1) is 4.92 Å². The number of benzene rings is 2. The lowest BCUT2D eigenvalue weighted by atomic mass is 9.96. The van der Waals surface area contributed by atoms with Gasteiger partial charge in [-0.15, -0.1) is 0 Å². The summed E-state index contributed by atoms with van der Waals surface area (Å²) in [4.78, 5) is 70.3. The molecule has 3 N–H and O–H groups in total. The van der Waals surface area contributed by atoms with E-state index in [0.717, 1.165) is 32.9 Å². The van der Waals surface area contributed by atoms with E-state index in [9.17, 15) is 37.7 Å². The third kappa shape index (κ3) is 8.95. The first-order valence-electron chi connectivity index (χ1n) is 18.6. The standard InChI is InChI=1S/C38H50N6O8S/c1-4-25(3)35-38(48)42-21-13-19-33(42)37(47)41-31(17-8-6-7-14-28(45)5-2)36(46)40-27(22-26-23-39-30-16-10-9-15-29(26)30)24-43(35)53(51,52)34-20-12-11-18-32(34)44(49)50/h9-12,15-16,18,20,23,25,27,31,33,35,39H,4-8,13-14,17,19,21-22,24H2,1-3H3,(H,40,46)(H,41,47)/t25-,27-,31?,33+,35-/m0/s1. The minimum absolute atomic E-state index is 0.145. The first kappa shape index (κ1) is 39.6. The van der Waals surface area contributed by atoms with Crippen LogP contribution >= 0.6 is 0 Å². The Hall–Kier alpha value is -4.63. The van der Waals surface area contributed by atoms with Crippen LogP contribution < -0.4 is 10.6 Å². The first-order chi connectivity index (χ1) is 25.4. The molecule has 53 heavy (non-hydrogen) atoms. The summed E-state index contributed by atoms with van der Waals surface area (Å²) in [5.74, 6) is -1.98. The van der Waals surface area contributed by atoms with Gasteiger partial charge in [0.1, 0.15) is 23.9 Å². The second-order valence-electron chi connectivity index (χ2n) is 14.1. The van der Waals surface area contributed by atoms with Gasteiger partial charge < -0.3 is 20.5 Å². The molecule has 15 heteroatoms. The number of unbranched alkanes of at least 4 members (excludes halogenated alkanes) is 2. The summed E-state index contributed by atoms with van der Waals surface area (Å²) in [6.07, 6.45) is 6.17. The summed E-state index contributed by atoms with van der Waals surface area (Å²) in [5.41, 5.74) is 0.990. The number of nitrogens with zero attached hydrogens (tertiary/aromatic N) is 3. The molecule has 0 saturated carbocycles. The number of ketones is 1. The van der Waals surface area contributed by atoms with Crippen molar-refractivity contribution in [2.24, 2.45) is 5.92 Å². The van der Waals surface area contributed by atoms with Crippen LogP contribution in [0.1, 0.15) is 84.1 Å². The van der Waals surface area contributed by atoms with Crippen molar-refractivity contribution in [1.82, 2.24) is 24.8 Å². The van der Waals surface area contributed by atoms with E-state index in [2.05, 4.69) is 15.6 Å². The Kier molecular flexibility index (Phi) is 13.0. The van der Waals surface area contributed by atoms with Gasteiger partial charge in [0.15, 0.2) is 4.90 Å². The van der Waals surface area contributed by atoms with Crippen molar-refractivity contribution >= 4 is 50.1 Å². The number of nitro groups is 1. The number of para-hydroxylation sites is 2. The summed E-state index contributed by atoms with van der Waals surface area (Å²) in [7, 11) is -4.76. The Bertz CT molecular complexity index is 1930. The number of nitrogens with one attached hydrogen (secondary N) is 3. The molecule has 0 spiro atoms. The third-order valence-electron chi connectivity index (χ3n) is 10.6. The van der Waals surface area contributed by atoms with Gasteiger partial charge in [-0.05, 0) is 55.7 Å². The predicted octanol–water partition coefficient (Wildman–Crippen LogP) is 4.63. The van der Waals surface area contributed by atoms with Crippen molar-refractivity contribution in [3.05, 3.63) is 70.4 Å². The number of hydrogen-bond donors (Lipinski definition) is 3. The summed E-state index contributed by atoms with van der Waals surface area (Å²) < 4.78 is 30.8. The van der Waals surface area contributed by atoms with E-state index in [-0.39, 0.29) is 31.7 Å². The molecule has 2 aliphatic rings. The SMILES string of the molecule is CCC(=O)CCCCCC1NC(=O)[C@H]2CCCN2C(=O)[C@H]([C@@H](C)CC)N(S(=O)(=O)c2ccccc2[N+](=O)[O-])C[C@H](Cc2c[nH]c3ccccc23)NC1=O. The minimum atomic E-state index is -4.76. The summed E-state index contributed by atoms with van der Waals surface area (Å²) in [5, 5.41) is 19.0. The Balaban J connectivity index is 1.62. The molecular formula is C38H50N6O8S. The minimum Gasteiger partial charge on any atom is -0.361 e. The van der Waals surface area contributed by atoms with E-state index in [4.69, 9.17) is 0 Å². The fourth-order valence-corrected chi connectivity index (χ4v) is 9.35. The predicted molar refractivity (Wildman–Crippen MR) is 199 cm³/mol. The van der Waals surface area contributed by atoms with E-state index in [0.29, 0.717) is 51.4 Å². The molecule has 2 saturated heterocycles. The molecule has 2 fully saturated rings. The number of Topliss-reactive ketones (excluding diaryl/α,β-unsaturated/α-hetero) is 1. The number of hydrogen-bond acceptors (Lipinski definition) is 8. The van der Waals surface area contributed by atoms with E-state index in [1.807, 2.05) is 38.1 Å². The van der Waals surface area contributed by atoms with E-state index >= 15 is 0 Å². The number of fused-ring (bicyclic) bond motifs is 2. The normalized spacial score (nSPS) is 22.4. The molecule has 1 unspecified atom stereocenters. The smallest absolute Gasteiger partial charge is 0.289 e. The highest BCUT2D eigenvalue weighted by molar-refractivity contribution is 7.89. The molecule has 14 nitrogen and oxygen atoms in total. The lowest BCUT2D eigenvalue weighted by Crippen LogP contribution is -2.62. The molecule has 3 aromatic rings. The molecular weight excluding hydrogens is 701 g/mol. The number of carbonyl (C=O) groups excluding carboxylic acids is 4. The lowest BCUT2D eigenvalue weighted by Gasteiger charge is -2.39. The van der Waals surface area contributed by atoms with Gasteiger partial charge in [-0.1, -0.05) is 70.4 Å². The Labute approximate surface area is 310 Å². The molecule has 3 heterocycles. The van der Waals surface area contributed by atoms with E-state index in [1.54, 1.807) is 13.1 Å². The molecule has 3 amide bonds. The number of rotatable bonds is 14. The summed E-state index contributed by atoms with van der Waals surface area (Å²) in [6.45, 7) is 5.23. The average Bonchev–Trinajstić information content (AvgIpc) is 3.81. The van der Waals surface area contributed by atoms with Crippen LogP contribution in [0.25, 0.3) is 10.9 Å².